The van der Waals surface area contributed by atoms with Crippen LogP contribution in [0.3, 0.4) is 0 Å². The average molecular weight is 648 g/mol. The highest BCUT2D eigenvalue weighted by atomic mass is 35.5. The SMILES string of the molecule is CCCCC(=O)NCCC(=O)OCC(=O)C1(OC(=O)CCCC)C(C)CC2C3CCC4=CC(=O)C=CC4(C)C3(Cl)C(O)CC21C. The van der Waals surface area contributed by atoms with Gasteiger partial charge in [-0.2, -0.15) is 0 Å². The van der Waals surface area contributed by atoms with Crippen LogP contribution < -0.4 is 5.32 Å². The van der Waals surface area contributed by atoms with Gasteiger partial charge in [-0.3, -0.25) is 24.0 Å². The van der Waals surface area contributed by atoms with E-state index in [2.05, 4.69) is 5.32 Å². The number of ether oxygens (including phenoxy) is 2. The van der Waals surface area contributed by atoms with E-state index in [1.165, 1.54) is 6.08 Å². The minimum atomic E-state index is -1.63. The normalized spacial score (nSPS) is 36.7. The van der Waals surface area contributed by atoms with Crippen molar-refractivity contribution in [2.75, 3.05) is 13.2 Å². The molecule has 0 saturated heterocycles. The van der Waals surface area contributed by atoms with Crippen LogP contribution in [0.2, 0.25) is 0 Å². The number of aliphatic hydroxyl groups excluding tert-OH is 1. The van der Waals surface area contributed by atoms with E-state index in [1.54, 1.807) is 6.08 Å². The number of rotatable bonds is 13. The van der Waals surface area contributed by atoms with E-state index in [4.69, 9.17) is 21.1 Å². The molecule has 0 aliphatic heterocycles. The number of allylic oxidation sites excluding steroid dienone is 4. The molecule has 4 aliphatic rings. The van der Waals surface area contributed by atoms with Crippen molar-refractivity contribution in [3.63, 3.8) is 0 Å². The lowest BCUT2D eigenvalue weighted by Crippen LogP contribution is -2.69. The monoisotopic (exact) mass is 647 g/mol. The van der Waals surface area contributed by atoms with Crippen LogP contribution in [0.1, 0.15) is 105 Å². The summed E-state index contributed by atoms with van der Waals surface area (Å²) < 4.78 is 11.7. The lowest BCUT2D eigenvalue weighted by atomic mass is 9.45. The van der Waals surface area contributed by atoms with Crippen molar-refractivity contribution in [2.24, 2.45) is 28.6 Å². The molecule has 9 nitrogen and oxygen atoms in total. The minimum Gasteiger partial charge on any atom is -0.457 e. The quantitative estimate of drug-likeness (QED) is 0.207. The highest BCUT2D eigenvalue weighted by Crippen LogP contribution is 2.72. The summed E-state index contributed by atoms with van der Waals surface area (Å²) in [6.45, 7) is 9.24. The summed E-state index contributed by atoms with van der Waals surface area (Å²) in [5.74, 6) is -2.73. The first-order valence-corrected chi connectivity index (χ1v) is 17.1. The number of halogens is 1. The van der Waals surface area contributed by atoms with Gasteiger partial charge in [0.1, 0.15) is 0 Å². The number of fused-ring (bicyclic) bond motifs is 5. The van der Waals surface area contributed by atoms with Gasteiger partial charge >= 0.3 is 11.9 Å². The van der Waals surface area contributed by atoms with Crippen LogP contribution in [0.4, 0.5) is 0 Å². The number of carbonyl (C=O) groups is 5. The summed E-state index contributed by atoms with van der Waals surface area (Å²) >= 11 is 7.57. The molecular formula is C35H50ClNO8. The van der Waals surface area contributed by atoms with E-state index in [9.17, 15) is 29.1 Å². The number of aliphatic hydroxyl groups is 1. The Morgan fingerprint density at radius 2 is 1.73 bits per heavy atom. The van der Waals surface area contributed by atoms with E-state index < -0.39 is 57.7 Å². The summed E-state index contributed by atoms with van der Waals surface area (Å²) in [6, 6.07) is 0. The second kappa shape index (κ2) is 13.7. The van der Waals surface area contributed by atoms with Gasteiger partial charge in [0.05, 0.1) is 17.4 Å². The summed E-state index contributed by atoms with van der Waals surface area (Å²) in [5.41, 5.74) is -2.48. The summed E-state index contributed by atoms with van der Waals surface area (Å²) in [4.78, 5) is 63.2. The first kappa shape index (κ1) is 35.3. The van der Waals surface area contributed by atoms with E-state index in [0.29, 0.717) is 32.1 Å². The lowest BCUT2D eigenvalue weighted by Gasteiger charge is -2.64. The van der Waals surface area contributed by atoms with E-state index in [0.717, 1.165) is 24.8 Å². The highest BCUT2D eigenvalue weighted by molar-refractivity contribution is 6.26. The number of Topliss-reactive ketones (excluding diaryl/α,β-unsaturated/α-hetero) is 1. The van der Waals surface area contributed by atoms with Crippen molar-refractivity contribution in [3.05, 3.63) is 23.8 Å². The van der Waals surface area contributed by atoms with Gasteiger partial charge in [-0.1, -0.05) is 59.1 Å². The molecule has 0 radical (unpaired) electrons. The van der Waals surface area contributed by atoms with Gasteiger partial charge in [-0.05, 0) is 62.5 Å². The zero-order valence-corrected chi connectivity index (χ0v) is 28.2. The number of hydrogen-bond donors (Lipinski definition) is 2. The van der Waals surface area contributed by atoms with E-state index in [-0.39, 0.29) is 49.3 Å². The lowest BCUT2D eigenvalue weighted by molar-refractivity contribution is -0.203. The molecule has 0 bridgehead atoms. The Labute approximate surface area is 271 Å². The maximum Gasteiger partial charge on any atom is 0.308 e. The number of unbranched alkanes of at least 4 members (excludes halogenated alkanes) is 2. The number of carbonyl (C=O) groups excluding carboxylic acids is 5. The van der Waals surface area contributed by atoms with Crippen molar-refractivity contribution in [1.82, 2.24) is 5.32 Å². The average Bonchev–Trinajstić information content (AvgIpc) is 3.20. The van der Waals surface area contributed by atoms with Gasteiger partial charge < -0.3 is 19.9 Å². The van der Waals surface area contributed by atoms with Crippen LogP contribution in [0.15, 0.2) is 23.8 Å². The third-order valence-corrected chi connectivity index (χ3v) is 12.3. The molecular weight excluding hydrogens is 598 g/mol. The van der Waals surface area contributed by atoms with Crippen LogP contribution in [0.25, 0.3) is 0 Å². The molecule has 0 spiro atoms. The Hall–Kier alpha value is -2.52. The van der Waals surface area contributed by atoms with Crippen LogP contribution >= 0.6 is 11.6 Å². The smallest absolute Gasteiger partial charge is 0.308 e. The van der Waals surface area contributed by atoms with E-state index >= 15 is 0 Å². The van der Waals surface area contributed by atoms with Gasteiger partial charge in [0, 0.05) is 36.1 Å². The second-order valence-electron chi connectivity index (χ2n) is 14.0. The van der Waals surface area contributed by atoms with Gasteiger partial charge in [0.2, 0.25) is 11.7 Å². The second-order valence-corrected chi connectivity index (χ2v) is 14.6. The zero-order valence-electron chi connectivity index (χ0n) is 27.4. The van der Waals surface area contributed by atoms with Gasteiger partial charge in [-0.25, -0.2) is 0 Å². The molecule has 8 atom stereocenters. The topological polar surface area (TPSA) is 136 Å². The summed E-state index contributed by atoms with van der Waals surface area (Å²) in [6.07, 6.45) is 9.22. The zero-order chi connectivity index (χ0) is 33.2. The molecule has 4 aliphatic carbocycles. The first-order valence-electron chi connectivity index (χ1n) is 16.7. The Balaban J connectivity index is 1.61. The Morgan fingerprint density at radius 3 is 2.42 bits per heavy atom. The predicted molar refractivity (Wildman–Crippen MR) is 169 cm³/mol. The number of amides is 1. The van der Waals surface area contributed by atoms with Crippen molar-refractivity contribution in [2.45, 2.75) is 122 Å². The molecule has 0 heterocycles. The van der Waals surface area contributed by atoms with Gasteiger partial charge in [0.25, 0.3) is 0 Å². The largest absolute Gasteiger partial charge is 0.457 e. The Morgan fingerprint density at radius 1 is 1.04 bits per heavy atom. The van der Waals surface area contributed by atoms with Crippen molar-refractivity contribution in [3.8, 4) is 0 Å². The van der Waals surface area contributed by atoms with Crippen LogP contribution in [-0.2, 0) is 33.4 Å². The predicted octanol–water partition coefficient (Wildman–Crippen LogP) is 5.15. The van der Waals surface area contributed by atoms with Crippen LogP contribution in [0.5, 0.6) is 0 Å². The van der Waals surface area contributed by atoms with Gasteiger partial charge in [0.15, 0.2) is 18.0 Å². The Bertz CT molecular complexity index is 1260. The molecule has 8 unspecified atom stereocenters. The molecule has 3 fully saturated rings. The number of ketones is 2. The maximum atomic E-state index is 14.3. The number of esters is 2. The molecule has 0 aromatic heterocycles. The fourth-order valence-electron chi connectivity index (χ4n) is 9.01. The van der Waals surface area contributed by atoms with Crippen LogP contribution in [0, 0.1) is 28.6 Å². The molecule has 10 heteroatoms. The number of alkyl halides is 1. The van der Waals surface area contributed by atoms with E-state index in [1.807, 2.05) is 40.7 Å². The fourth-order valence-corrected chi connectivity index (χ4v) is 9.53. The third-order valence-electron chi connectivity index (χ3n) is 11.4. The van der Waals surface area contributed by atoms with Crippen LogP contribution in [-0.4, -0.2) is 64.2 Å². The molecule has 0 aromatic carbocycles. The molecule has 0 aromatic rings. The minimum absolute atomic E-state index is 0.0934. The molecule has 3 saturated carbocycles. The molecule has 4 rings (SSSR count). The molecule has 45 heavy (non-hydrogen) atoms. The van der Waals surface area contributed by atoms with Crippen molar-refractivity contribution >= 4 is 41.0 Å². The summed E-state index contributed by atoms with van der Waals surface area (Å²) in [5, 5.41) is 14.7. The molecule has 2 N–H and O–H groups in total. The third kappa shape index (κ3) is 6.04. The highest BCUT2D eigenvalue weighted by Gasteiger charge is 2.76. The van der Waals surface area contributed by atoms with Gasteiger partial charge in [-0.15, -0.1) is 11.6 Å². The fraction of sp³-hybridized carbons (Fsp3) is 0.743. The standard InChI is InChI=1S/C35H50ClNO8/c1-6-8-10-29(41)37-17-15-30(42)44-21-28(40)35(45-31(43)11-9-7-2)22(3)18-26-25-13-12-23-19-24(38)14-16-32(23,4)34(25,36)27(39)20-33(26,35)5/h14,16,19,22,25-27,39H,6-13,15,17-18,20-21H2,1-5H3,(H,37,41). The molecule has 1 amide bonds. The molecule has 250 valence electrons. The maximum absolute atomic E-state index is 14.3. The summed E-state index contributed by atoms with van der Waals surface area (Å²) in [7, 11) is 0. The Kier molecular flexibility index (Phi) is 10.7. The number of nitrogens with one attached hydrogen (secondary N) is 1. The first-order chi connectivity index (χ1) is 21.2. The van der Waals surface area contributed by atoms with Crippen molar-refractivity contribution < 1.29 is 38.6 Å². The number of hydrogen-bond acceptors (Lipinski definition) is 8. The van der Waals surface area contributed by atoms with Crippen molar-refractivity contribution in [1.29, 1.82) is 0 Å².